The molecular weight excluding hydrogens is 280 g/mol. The third kappa shape index (κ3) is 4.96. The number of hydrogen-bond acceptors (Lipinski definition) is 4. The summed E-state index contributed by atoms with van der Waals surface area (Å²) >= 11 is 0. The molecule has 124 valence electrons. The highest BCUT2D eigenvalue weighted by atomic mass is 16.7. The molecule has 0 aromatic rings. The predicted molar refractivity (Wildman–Crippen MR) is 85.3 cm³/mol. The lowest BCUT2D eigenvalue weighted by Gasteiger charge is -2.30. The molecule has 0 spiro atoms. The quantitative estimate of drug-likeness (QED) is 0.530. The Labute approximate surface area is 133 Å². The van der Waals surface area contributed by atoms with Gasteiger partial charge < -0.3 is 14.2 Å². The zero-order valence-corrected chi connectivity index (χ0v) is 13.8. The zero-order chi connectivity index (χ0) is 16.1. The van der Waals surface area contributed by atoms with Crippen LogP contribution < -0.4 is 0 Å². The van der Waals surface area contributed by atoms with Crippen molar-refractivity contribution in [2.75, 3.05) is 6.61 Å². The van der Waals surface area contributed by atoms with Crippen LogP contribution in [0.1, 0.15) is 52.4 Å². The standard InChI is InChI=1S/C18H28O4/c1-12(2)9-16-14(11-17(19)21-16)10-15(13(3)4)22-18-7-5-6-8-20-18/h14-16,18H,1,3,5-11H2,2,4H3/t14-,15+,16+,18?/m1/s1. The summed E-state index contributed by atoms with van der Waals surface area (Å²) < 4.78 is 17.2. The van der Waals surface area contributed by atoms with Gasteiger partial charge in [0.1, 0.15) is 6.10 Å². The molecule has 2 fully saturated rings. The van der Waals surface area contributed by atoms with Crippen LogP contribution in [0.3, 0.4) is 0 Å². The van der Waals surface area contributed by atoms with E-state index < -0.39 is 0 Å². The van der Waals surface area contributed by atoms with Gasteiger partial charge in [0, 0.05) is 18.9 Å². The van der Waals surface area contributed by atoms with E-state index in [0.717, 1.165) is 49.9 Å². The monoisotopic (exact) mass is 308 g/mol. The molecule has 1 unspecified atom stereocenters. The molecule has 2 heterocycles. The molecule has 0 amide bonds. The van der Waals surface area contributed by atoms with Crippen LogP contribution in [0.2, 0.25) is 0 Å². The van der Waals surface area contributed by atoms with E-state index in [9.17, 15) is 4.79 Å². The summed E-state index contributed by atoms with van der Waals surface area (Å²) in [5.41, 5.74) is 2.01. The fourth-order valence-electron chi connectivity index (χ4n) is 3.10. The Bertz CT molecular complexity index is 423. The SMILES string of the molecule is C=C(C)C[C@@H]1OC(=O)C[C@H]1C[C@H](OC1CCCCO1)C(=C)C. The molecule has 0 radical (unpaired) electrons. The first-order valence-corrected chi connectivity index (χ1v) is 8.22. The maximum atomic E-state index is 11.6. The van der Waals surface area contributed by atoms with Crippen LogP contribution in [-0.4, -0.2) is 31.1 Å². The maximum Gasteiger partial charge on any atom is 0.306 e. The van der Waals surface area contributed by atoms with E-state index in [1.165, 1.54) is 0 Å². The second-order valence-corrected chi connectivity index (χ2v) is 6.66. The van der Waals surface area contributed by atoms with Crippen molar-refractivity contribution in [2.24, 2.45) is 5.92 Å². The minimum atomic E-state index is -0.145. The van der Waals surface area contributed by atoms with Gasteiger partial charge in [0.05, 0.1) is 12.5 Å². The van der Waals surface area contributed by atoms with E-state index in [0.29, 0.717) is 6.42 Å². The topological polar surface area (TPSA) is 44.8 Å². The number of carbonyl (C=O) groups excluding carboxylic acids is 1. The Morgan fingerprint density at radius 3 is 2.73 bits per heavy atom. The summed E-state index contributed by atoms with van der Waals surface area (Å²) in [4.78, 5) is 11.6. The molecule has 0 aromatic carbocycles. The lowest BCUT2D eigenvalue weighted by molar-refractivity contribution is -0.184. The van der Waals surface area contributed by atoms with Crippen molar-refractivity contribution >= 4 is 5.97 Å². The van der Waals surface area contributed by atoms with Crippen molar-refractivity contribution < 1.29 is 19.0 Å². The van der Waals surface area contributed by atoms with Gasteiger partial charge in [-0.25, -0.2) is 0 Å². The average molecular weight is 308 g/mol. The molecule has 2 aliphatic rings. The number of hydrogen-bond donors (Lipinski definition) is 0. The molecule has 0 saturated carbocycles. The molecule has 0 N–H and O–H groups in total. The van der Waals surface area contributed by atoms with Gasteiger partial charge in [0.15, 0.2) is 6.29 Å². The van der Waals surface area contributed by atoms with E-state index >= 15 is 0 Å². The lowest BCUT2D eigenvalue weighted by atomic mass is 9.89. The number of esters is 1. The Morgan fingerprint density at radius 1 is 1.36 bits per heavy atom. The van der Waals surface area contributed by atoms with Crippen LogP contribution in [0, 0.1) is 5.92 Å². The molecule has 0 bridgehead atoms. The van der Waals surface area contributed by atoms with Crippen molar-refractivity contribution in [3.63, 3.8) is 0 Å². The van der Waals surface area contributed by atoms with Gasteiger partial charge in [-0.1, -0.05) is 17.7 Å². The highest BCUT2D eigenvalue weighted by molar-refractivity contribution is 5.72. The highest BCUT2D eigenvalue weighted by Crippen LogP contribution is 2.33. The van der Waals surface area contributed by atoms with E-state index in [-0.39, 0.29) is 30.4 Å². The zero-order valence-electron chi connectivity index (χ0n) is 13.8. The fourth-order valence-corrected chi connectivity index (χ4v) is 3.10. The largest absolute Gasteiger partial charge is 0.462 e. The molecule has 4 nitrogen and oxygen atoms in total. The van der Waals surface area contributed by atoms with Crippen LogP contribution in [-0.2, 0) is 19.0 Å². The lowest BCUT2D eigenvalue weighted by Crippen LogP contribution is -2.31. The van der Waals surface area contributed by atoms with Crippen LogP contribution in [0.5, 0.6) is 0 Å². The summed E-state index contributed by atoms with van der Waals surface area (Å²) in [6, 6.07) is 0. The van der Waals surface area contributed by atoms with Gasteiger partial charge in [-0.15, -0.1) is 6.58 Å². The van der Waals surface area contributed by atoms with Gasteiger partial charge >= 0.3 is 5.97 Å². The number of rotatable bonds is 7. The molecule has 0 aromatic heterocycles. The number of ether oxygens (including phenoxy) is 3. The Kier molecular flexibility index (Phi) is 6.21. The van der Waals surface area contributed by atoms with Crippen LogP contribution in [0.15, 0.2) is 24.3 Å². The van der Waals surface area contributed by atoms with Crippen molar-refractivity contribution in [1.82, 2.24) is 0 Å². The van der Waals surface area contributed by atoms with E-state index in [1.807, 2.05) is 13.8 Å². The summed E-state index contributed by atoms with van der Waals surface area (Å²) in [5.74, 6) is 0.0418. The van der Waals surface area contributed by atoms with E-state index in [4.69, 9.17) is 14.2 Å². The van der Waals surface area contributed by atoms with Crippen molar-refractivity contribution in [3.05, 3.63) is 24.3 Å². The Hall–Kier alpha value is -1.13. The summed E-state index contributed by atoms with van der Waals surface area (Å²) in [6.45, 7) is 12.7. The molecule has 2 rings (SSSR count). The van der Waals surface area contributed by atoms with Gasteiger partial charge in [-0.3, -0.25) is 4.79 Å². The second kappa shape index (κ2) is 7.93. The summed E-state index contributed by atoms with van der Waals surface area (Å²) in [5, 5.41) is 0. The van der Waals surface area contributed by atoms with Crippen molar-refractivity contribution in [1.29, 1.82) is 0 Å². The van der Waals surface area contributed by atoms with E-state index in [2.05, 4.69) is 13.2 Å². The normalized spacial score (nSPS) is 29.9. The first kappa shape index (κ1) is 17.2. The number of carbonyl (C=O) groups is 1. The summed E-state index contributed by atoms with van der Waals surface area (Å²) in [7, 11) is 0. The van der Waals surface area contributed by atoms with Gasteiger partial charge in [-0.05, 0) is 39.5 Å². The molecule has 2 saturated heterocycles. The van der Waals surface area contributed by atoms with Crippen molar-refractivity contribution in [3.8, 4) is 0 Å². The highest BCUT2D eigenvalue weighted by Gasteiger charge is 2.37. The first-order valence-electron chi connectivity index (χ1n) is 8.22. The van der Waals surface area contributed by atoms with E-state index in [1.54, 1.807) is 0 Å². The maximum absolute atomic E-state index is 11.6. The van der Waals surface area contributed by atoms with Crippen LogP contribution in [0.4, 0.5) is 0 Å². The van der Waals surface area contributed by atoms with Gasteiger partial charge in [0.25, 0.3) is 0 Å². The van der Waals surface area contributed by atoms with Gasteiger partial charge in [-0.2, -0.15) is 0 Å². The van der Waals surface area contributed by atoms with Gasteiger partial charge in [0.2, 0.25) is 0 Å². The molecule has 4 atom stereocenters. The van der Waals surface area contributed by atoms with Crippen LogP contribution >= 0.6 is 0 Å². The predicted octanol–water partition coefficient (Wildman–Crippen LogP) is 3.76. The first-order chi connectivity index (χ1) is 10.5. The fraction of sp³-hybridized carbons (Fsp3) is 0.722. The molecule has 0 aliphatic carbocycles. The molecule has 22 heavy (non-hydrogen) atoms. The molecule has 4 heteroatoms. The third-order valence-corrected chi connectivity index (χ3v) is 4.31. The average Bonchev–Trinajstić information content (AvgIpc) is 2.78. The smallest absolute Gasteiger partial charge is 0.306 e. The van der Waals surface area contributed by atoms with Crippen LogP contribution in [0.25, 0.3) is 0 Å². The second-order valence-electron chi connectivity index (χ2n) is 6.66. The minimum Gasteiger partial charge on any atom is -0.462 e. The minimum absolute atomic E-state index is 0.0808. The molecular formula is C18H28O4. The Morgan fingerprint density at radius 2 is 2.14 bits per heavy atom. The Balaban J connectivity index is 1.95. The number of cyclic esters (lactones) is 1. The molecule has 2 aliphatic heterocycles. The third-order valence-electron chi connectivity index (χ3n) is 4.31. The van der Waals surface area contributed by atoms with Crippen molar-refractivity contribution in [2.45, 2.75) is 70.9 Å². The summed E-state index contributed by atoms with van der Waals surface area (Å²) in [6.07, 6.45) is 4.78.